The third-order valence-corrected chi connectivity index (χ3v) is 3.65. The molecule has 1 unspecified atom stereocenters. The Morgan fingerprint density at radius 3 is 2.73 bits per heavy atom. The molecule has 2 aliphatic rings. The molecule has 0 aromatic rings. The topological polar surface area (TPSA) is 59.3 Å². The Bertz CT molecular complexity index is 314. The van der Waals surface area contributed by atoms with Gasteiger partial charge in [-0.1, -0.05) is 0 Å². The number of hydrogen-bond acceptors (Lipinski definition) is 4. The first-order valence-electron chi connectivity index (χ1n) is 5.37. The van der Waals surface area contributed by atoms with E-state index in [0.29, 0.717) is 26.2 Å². The minimum Gasteiger partial charge on any atom is -0.465 e. The van der Waals surface area contributed by atoms with Crippen LogP contribution in [0.4, 0.5) is 0 Å². The molecule has 82 valence electrons. The van der Waals surface area contributed by atoms with Crippen LogP contribution in [0.15, 0.2) is 0 Å². The third-order valence-electron chi connectivity index (χ3n) is 3.65. The van der Waals surface area contributed by atoms with E-state index in [9.17, 15) is 10.1 Å². The number of hydrogen-bond donors (Lipinski definition) is 0. The van der Waals surface area contributed by atoms with Crippen LogP contribution < -0.4 is 0 Å². The maximum Gasteiger partial charge on any atom is 0.327 e. The first-order chi connectivity index (χ1) is 7.21. The number of nitrogens with zero attached hydrogens (tertiary/aromatic N) is 1. The predicted molar refractivity (Wildman–Crippen MR) is 51.8 cm³/mol. The fourth-order valence-corrected chi connectivity index (χ4v) is 2.58. The van der Waals surface area contributed by atoms with Crippen LogP contribution in [-0.2, 0) is 14.3 Å². The van der Waals surface area contributed by atoms with Gasteiger partial charge in [0.05, 0.1) is 12.7 Å². The van der Waals surface area contributed by atoms with E-state index in [1.807, 2.05) is 0 Å². The zero-order valence-corrected chi connectivity index (χ0v) is 8.91. The van der Waals surface area contributed by atoms with Crippen LogP contribution in [0.2, 0.25) is 0 Å². The molecule has 0 amide bonds. The quantitative estimate of drug-likeness (QED) is 0.642. The summed E-state index contributed by atoms with van der Waals surface area (Å²) in [6.07, 6.45) is 2.26. The lowest BCUT2D eigenvalue weighted by atomic mass is 9.87. The van der Waals surface area contributed by atoms with Crippen LogP contribution in [0.25, 0.3) is 0 Å². The summed E-state index contributed by atoms with van der Waals surface area (Å²) in [6, 6.07) is 2.17. The summed E-state index contributed by atoms with van der Waals surface area (Å²) in [5, 5.41) is 9.18. The second-order valence-corrected chi connectivity index (χ2v) is 4.31. The van der Waals surface area contributed by atoms with Gasteiger partial charge < -0.3 is 9.47 Å². The van der Waals surface area contributed by atoms with Gasteiger partial charge in [-0.25, -0.2) is 0 Å². The summed E-state index contributed by atoms with van der Waals surface area (Å²) in [5.74, 6) is -0.339. The summed E-state index contributed by atoms with van der Waals surface area (Å²) in [4.78, 5) is 11.7. The molecule has 1 aliphatic carbocycles. The fourth-order valence-electron chi connectivity index (χ4n) is 2.58. The van der Waals surface area contributed by atoms with Crippen molar-refractivity contribution in [2.75, 3.05) is 19.8 Å². The van der Waals surface area contributed by atoms with Gasteiger partial charge >= 0.3 is 5.97 Å². The fraction of sp³-hybridized carbons (Fsp3) is 0.818. The Kier molecular flexibility index (Phi) is 2.43. The van der Waals surface area contributed by atoms with E-state index >= 15 is 0 Å². The number of nitriles is 1. The average Bonchev–Trinajstić information content (AvgIpc) is 2.88. The molecular weight excluding hydrogens is 194 g/mol. The summed E-state index contributed by atoms with van der Waals surface area (Å²) in [6.45, 7) is 3.42. The molecule has 0 radical (unpaired) electrons. The van der Waals surface area contributed by atoms with Crippen LogP contribution in [0.1, 0.15) is 26.2 Å². The van der Waals surface area contributed by atoms with Gasteiger partial charge in [0.15, 0.2) is 5.41 Å². The molecule has 0 aromatic carbocycles. The second-order valence-electron chi connectivity index (χ2n) is 4.31. The van der Waals surface area contributed by atoms with Gasteiger partial charge in [-0.15, -0.1) is 0 Å². The van der Waals surface area contributed by atoms with E-state index in [1.165, 1.54) is 0 Å². The third kappa shape index (κ3) is 1.34. The van der Waals surface area contributed by atoms with E-state index in [1.54, 1.807) is 6.92 Å². The van der Waals surface area contributed by atoms with Crippen molar-refractivity contribution in [2.45, 2.75) is 26.2 Å². The van der Waals surface area contributed by atoms with E-state index in [4.69, 9.17) is 9.47 Å². The molecule has 1 spiro atoms. The maximum atomic E-state index is 11.7. The highest BCUT2D eigenvalue weighted by atomic mass is 16.5. The summed E-state index contributed by atoms with van der Waals surface area (Å²) in [5.41, 5.74) is -1.01. The lowest BCUT2D eigenvalue weighted by molar-refractivity contribution is -0.149. The molecule has 2 fully saturated rings. The molecule has 0 N–H and O–H groups in total. The molecule has 4 heteroatoms. The summed E-state index contributed by atoms with van der Waals surface area (Å²) >= 11 is 0. The van der Waals surface area contributed by atoms with Gasteiger partial charge in [0.2, 0.25) is 0 Å². The van der Waals surface area contributed by atoms with E-state index < -0.39 is 5.41 Å². The summed E-state index contributed by atoms with van der Waals surface area (Å²) in [7, 11) is 0. The Balaban J connectivity index is 2.13. The van der Waals surface area contributed by atoms with Crippen LogP contribution >= 0.6 is 0 Å². The zero-order valence-electron chi connectivity index (χ0n) is 8.91. The van der Waals surface area contributed by atoms with E-state index in [0.717, 1.165) is 12.8 Å². The number of carbonyl (C=O) groups excluding carboxylic acids is 1. The molecule has 1 heterocycles. The van der Waals surface area contributed by atoms with Crippen molar-refractivity contribution in [3.8, 4) is 6.07 Å². The first kappa shape index (κ1) is 10.4. The highest BCUT2D eigenvalue weighted by Crippen LogP contribution is 2.69. The molecule has 1 saturated carbocycles. The van der Waals surface area contributed by atoms with Crippen LogP contribution in [0.3, 0.4) is 0 Å². The van der Waals surface area contributed by atoms with Crippen molar-refractivity contribution in [2.24, 2.45) is 10.8 Å². The van der Waals surface area contributed by atoms with Crippen molar-refractivity contribution in [3.63, 3.8) is 0 Å². The monoisotopic (exact) mass is 209 g/mol. The Labute approximate surface area is 89.2 Å². The highest BCUT2D eigenvalue weighted by Gasteiger charge is 2.73. The van der Waals surface area contributed by atoms with Gasteiger partial charge in [-0.2, -0.15) is 5.26 Å². The number of esters is 1. The van der Waals surface area contributed by atoms with E-state index in [2.05, 4.69) is 6.07 Å². The Hall–Kier alpha value is -1.08. The van der Waals surface area contributed by atoms with E-state index in [-0.39, 0.29) is 11.4 Å². The number of ether oxygens (including phenoxy) is 2. The van der Waals surface area contributed by atoms with Gasteiger partial charge in [-0.05, 0) is 26.2 Å². The molecule has 0 bridgehead atoms. The maximum absolute atomic E-state index is 11.7. The minimum absolute atomic E-state index is 0.147. The molecule has 2 rings (SSSR count). The van der Waals surface area contributed by atoms with Crippen molar-refractivity contribution >= 4 is 5.97 Å². The molecular formula is C11H15NO3. The number of rotatable bonds is 2. The lowest BCUT2D eigenvalue weighted by Gasteiger charge is -2.24. The van der Waals surface area contributed by atoms with Crippen molar-refractivity contribution in [3.05, 3.63) is 0 Å². The van der Waals surface area contributed by atoms with Gasteiger partial charge in [0, 0.05) is 18.6 Å². The van der Waals surface area contributed by atoms with Crippen LogP contribution in [0.5, 0.6) is 0 Å². The average molecular weight is 209 g/mol. The second kappa shape index (κ2) is 3.49. The van der Waals surface area contributed by atoms with Crippen LogP contribution in [-0.4, -0.2) is 25.8 Å². The van der Waals surface area contributed by atoms with Crippen molar-refractivity contribution in [1.29, 1.82) is 5.26 Å². The smallest absolute Gasteiger partial charge is 0.327 e. The lowest BCUT2D eigenvalue weighted by Crippen LogP contribution is -2.29. The molecule has 1 atom stereocenters. The Morgan fingerprint density at radius 1 is 1.53 bits per heavy atom. The minimum atomic E-state index is -0.868. The predicted octanol–water partition coefficient (Wildman–Crippen LogP) is 1.26. The summed E-state index contributed by atoms with van der Waals surface area (Å²) < 4.78 is 10.2. The van der Waals surface area contributed by atoms with Gasteiger partial charge in [0.25, 0.3) is 0 Å². The SMILES string of the molecule is CCOC(=O)C1(C#N)CC12CCOCC2. The normalized spacial score (nSPS) is 32.0. The number of carbonyl (C=O) groups is 1. The van der Waals surface area contributed by atoms with Crippen molar-refractivity contribution in [1.82, 2.24) is 0 Å². The molecule has 15 heavy (non-hydrogen) atoms. The van der Waals surface area contributed by atoms with Crippen molar-refractivity contribution < 1.29 is 14.3 Å². The molecule has 1 saturated heterocycles. The molecule has 1 aliphatic heterocycles. The largest absolute Gasteiger partial charge is 0.465 e. The molecule has 4 nitrogen and oxygen atoms in total. The van der Waals surface area contributed by atoms with Gasteiger partial charge in [-0.3, -0.25) is 4.79 Å². The highest BCUT2D eigenvalue weighted by molar-refractivity contribution is 5.85. The Morgan fingerprint density at radius 2 is 2.20 bits per heavy atom. The first-order valence-corrected chi connectivity index (χ1v) is 5.37. The zero-order chi connectivity index (χ0) is 10.9. The standard InChI is InChI=1S/C11H15NO3/c1-2-15-9(13)11(8-12)7-10(11)3-5-14-6-4-10/h2-7H2,1H3. The van der Waals surface area contributed by atoms with Gasteiger partial charge in [0.1, 0.15) is 0 Å². The molecule has 0 aromatic heterocycles. The van der Waals surface area contributed by atoms with Crippen LogP contribution in [0, 0.1) is 22.2 Å².